The summed E-state index contributed by atoms with van der Waals surface area (Å²) in [5, 5.41) is 11.1. The first-order valence-corrected chi connectivity index (χ1v) is 10.7. The summed E-state index contributed by atoms with van der Waals surface area (Å²) in [6.45, 7) is 0.840. The molecule has 4 rings (SSSR count). The molecule has 1 amide bonds. The van der Waals surface area contributed by atoms with E-state index in [9.17, 15) is 19.5 Å². The van der Waals surface area contributed by atoms with Gasteiger partial charge < -0.3 is 24.2 Å². The lowest BCUT2D eigenvalue weighted by molar-refractivity contribution is -0.140. The van der Waals surface area contributed by atoms with Crippen LogP contribution in [0.5, 0.6) is 5.75 Å². The minimum absolute atomic E-state index is 0.00557. The van der Waals surface area contributed by atoms with Gasteiger partial charge in [-0.15, -0.1) is 0 Å². The smallest absolute Gasteiger partial charge is 0.337 e. The topological polar surface area (TPSA) is 102 Å². The highest BCUT2D eigenvalue weighted by molar-refractivity contribution is 6.46. The van der Waals surface area contributed by atoms with Crippen molar-refractivity contribution in [3.05, 3.63) is 70.8 Å². The third-order valence-corrected chi connectivity index (χ3v) is 5.98. The van der Waals surface area contributed by atoms with Crippen LogP contribution in [0.1, 0.15) is 40.4 Å². The van der Waals surface area contributed by atoms with Gasteiger partial charge in [0.1, 0.15) is 11.5 Å². The summed E-state index contributed by atoms with van der Waals surface area (Å²) in [6, 6.07) is 12.2. The summed E-state index contributed by atoms with van der Waals surface area (Å²) >= 11 is 0. The first-order valence-electron chi connectivity index (χ1n) is 10.7. The van der Waals surface area contributed by atoms with Gasteiger partial charge in [-0.1, -0.05) is 12.1 Å². The zero-order chi connectivity index (χ0) is 23.5. The first-order chi connectivity index (χ1) is 15.9. The number of benzene rings is 2. The van der Waals surface area contributed by atoms with Crippen molar-refractivity contribution >= 4 is 23.4 Å². The lowest BCUT2D eigenvalue weighted by atomic mass is 9.94. The van der Waals surface area contributed by atoms with E-state index < -0.39 is 23.7 Å². The van der Waals surface area contributed by atoms with Crippen molar-refractivity contribution in [3.8, 4) is 5.75 Å². The Balaban J connectivity index is 1.79. The molecule has 0 spiro atoms. The van der Waals surface area contributed by atoms with Crippen LogP contribution in [-0.2, 0) is 19.1 Å². The Hall–Kier alpha value is -3.65. The number of nitrogens with zero attached hydrogens (tertiary/aromatic N) is 1. The molecule has 0 radical (unpaired) electrons. The molecule has 2 aliphatic heterocycles. The van der Waals surface area contributed by atoms with Crippen LogP contribution in [0.15, 0.2) is 54.1 Å². The maximum atomic E-state index is 13.1. The Morgan fingerprint density at radius 3 is 2.30 bits per heavy atom. The zero-order valence-corrected chi connectivity index (χ0v) is 18.4. The van der Waals surface area contributed by atoms with Gasteiger partial charge in [-0.05, 0) is 54.8 Å². The van der Waals surface area contributed by atoms with Gasteiger partial charge in [-0.3, -0.25) is 9.59 Å². The molecule has 8 nitrogen and oxygen atoms in total. The van der Waals surface area contributed by atoms with Gasteiger partial charge >= 0.3 is 5.97 Å². The molecule has 0 aliphatic carbocycles. The Bertz CT molecular complexity index is 1080. The molecule has 0 bridgehead atoms. The Morgan fingerprint density at radius 2 is 1.73 bits per heavy atom. The van der Waals surface area contributed by atoms with Crippen LogP contribution in [0.3, 0.4) is 0 Å². The van der Waals surface area contributed by atoms with Gasteiger partial charge in [0.05, 0.1) is 37.5 Å². The highest BCUT2D eigenvalue weighted by atomic mass is 16.5. The molecule has 0 unspecified atom stereocenters. The van der Waals surface area contributed by atoms with Crippen molar-refractivity contribution in [2.75, 3.05) is 27.4 Å². The number of methoxy groups -OCH3 is 2. The van der Waals surface area contributed by atoms with Crippen molar-refractivity contribution in [1.29, 1.82) is 0 Å². The molecule has 8 heteroatoms. The number of aliphatic hydroxyl groups excluding tert-OH is 1. The van der Waals surface area contributed by atoms with Crippen LogP contribution in [0.25, 0.3) is 5.76 Å². The predicted molar refractivity (Wildman–Crippen MR) is 119 cm³/mol. The van der Waals surface area contributed by atoms with Crippen LogP contribution in [0.4, 0.5) is 0 Å². The molecular weight excluding hydrogens is 426 g/mol. The highest BCUT2D eigenvalue weighted by Gasteiger charge is 2.47. The number of rotatable bonds is 6. The quantitative estimate of drug-likeness (QED) is 0.312. The van der Waals surface area contributed by atoms with Crippen LogP contribution in [0, 0.1) is 0 Å². The Labute approximate surface area is 191 Å². The second kappa shape index (κ2) is 9.46. The van der Waals surface area contributed by atoms with E-state index in [1.165, 1.54) is 19.1 Å². The monoisotopic (exact) mass is 451 g/mol. The third-order valence-electron chi connectivity index (χ3n) is 5.98. The fourth-order valence-electron chi connectivity index (χ4n) is 4.25. The molecule has 33 heavy (non-hydrogen) atoms. The Morgan fingerprint density at radius 1 is 1.06 bits per heavy atom. The van der Waals surface area contributed by atoms with Crippen molar-refractivity contribution in [1.82, 2.24) is 4.90 Å². The lowest BCUT2D eigenvalue weighted by Crippen LogP contribution is -2.36. The molecule has 1 N–H and O–H groups in total. The average molecular weight is 451 g/mol. The first kappa shape index (κ1) is 22.5. The van der Waals surface area contributed by atoms with Gasteiger partial charge in [0, 0.05) is 18.7 Å². The predicted octanol–water partition coefficient (Wildman–Crippen LogP) is 3.08. The summed E-state index contributed by atoms with van der Waals surface area (Å²) in [7, 11) is 2.82. The lowest BCUT2D eigenvalue weighted by Gasteiger charge is -2.27. The van der Waals surface area contributed by atoms with E-state index in [4.69, 9.17) is 14.2 Å². The van der Waals surface area contributed by atoms with E-state index in [-0.39, 0.29) is 24.0 Å². The van der Waals surface area contributed by atoms with E-state index in [1.807, 2.05) is 0 Å². The number of ether oxygens (including phenoxy) is 3. The Kier molecular flexibility index (Phi) is 6.46. The number of amides is 1. The molecule has 0 saturated carbocycles. The zero-order valence-electron chi connectivity index (χ0n) is 18.4. The van der Waals surface area contributed by atoms with Crippen LogP contribution < -0.4 is 4.74 Å². The molecule has 0 aromatic heterocycles. The normalized spacial score (nSPS) is 21.9. The summed E-state index contributed by atoms with van der Waals surface area (Å²) < 4.78 is 15.6. The van der Waals surface area contributed by atoms with E-state index in [0.717, 1.165) is 12.8 Å². The second-order valence-corrected chi connectivity index (χ2v) is 7.93. The number of hydrogen-bond donors (Lipinski definition) is 1. The molecule has 2 atom stereocenters. The molecule has 2 aromatic rings. The van der Waals surface area contributed by atoms with E-state index in [1.54, 1.807) is 48.5 Å². The number of Topliss-reactive ketones (excluding diaryl/α,β-unsaturated/α-hetero) is 1. The largest absolute Gasteiger partial charge is 0.507 e. The van der Waals surface area contributed by atoms with Gasteiger partial charge in [0.25, 0.3) is 11.7 Å². The molecular formula is C25H25NO7. The van der Waals surface area contributed by atoms with Gasteiger partial charge in [0.15, 0.2) is 0 Å². The summed E-state index contributed by atoms with van der Waals surface area (Å²) in [4.78, 5) is 39.4. The molecule has 2 fully saturated rings. The van der Waals surface area contributed by atoms with E-state index >= 15 is 0 Å². The van der Waals surface area contributed by atoms with Crippen LogP contribution in [-0.4, -0.2) is 61.1 Å². The van der Waals surface area contributed by atoms with Crippen molar-refractivity contribution in [2.45, 2.75) is 25.0 Å². The average Bonchev–Trinajstić information content (AvgIpc) is 3.45. The summed E-state index contributed by atoms with van der Waals surface area (Å²) in [6.07, 6.45) is 1.50. The molecule has 2 aromatic carbocycles. The minimum Gasteiger partial charge on any atom is -0.507 e. The van der Waals surface area contributed by atoms with E-state index in [0.29, 0.717) is 29.0 Å². The molecule has 2 heterocycles. The fraction of sp³-hybridized carbons (Fsp3) is 0.320. The van der Waals surface area contributed by atoms with Gasteiger partial charge in [-0.2, -0.15) is 0 Å². The number of aliphatic hydroxyl groups is 1. The molecule has 2 aliphatic rings. The van der Waals surface area contributed by atoms with Gasteiger partial charge in [0.2, 0.25) is 0 Å². The third kappa shape index (κ3) is 4.34. The maximum Gasteiger partial charge on any atom is 0.337 e. The number of carbonyl (C=O) groups is 3. The summed E-state index contributed by atoms with van der Waals surface area (Å²) in [5.41, 5.74) is 1.32. The van der Waals surface area contributed by atoms with Gasteiger partial charge in [-0.25, -0.2) is 4.79 Å². The molecule has 172 valence electrons. The number of ketones is 1. The standard InChI is InChI=1S/C25H25NO7/c1-31-18-11-9-16(10-12-18)22(27)20-21(15-5-7-17(8-6-15)25(30)32-2)26(24(29)23(20)28)14-19-4-3-13-33-19/h5-12,19,21,27H,3-4,13-14H2,1-2H3/t19-,21-/m1/s1. The highest BCUT2D eigenvalue weighted by Crippen LogP contribution is 2.40. The fourth-order valence-corrected chi connectivity index (χ4v) is 4.25. The number of carbonyl (C=O) groups excluding carboxylic acids is 3. The summed E-state index contributed by atoms with van der Waals surface area (Å²) in [5.74, 6) is -1.62. The van der Waals surface area contributed by atoms with Crippen molar-refractivity contribution in [3.63, 3.8) is 0 Å². The van der Waals surface area contributed by atoms with E-state index in [2.05, 4.69) is 0 Å². The minimum atomic E-state index is -0.817. The van der Waals surface area contributed by atoms with Crippen molar-refractivity contribution < 1.29 is 33.7 Å². The maximum absolute atomic E-state index is 13.1. The number of hydrogen-bond acceptors (Lipinski definition) is 7. The SMILES string of the molecule is COC(=O)c1ccc([C@@H]2C(=C(O)c3ccc(OC)cc3)C(=O)C(=O)N2C[C@H]2CCCO2)cc1. The van der Waals surface area contributed by atoms with Crippen LogP contribution >= 0.6 is 0 Å². The number of likely N-dealkylation sites (tertiary alicyclic amines) is 1. The molecule has 2 saturated heterocycles. The van der Waals surface area contributed by atoms with Crippen LogP contribution in [0.2, 0.25) is 0 Å². The second-order valence-electron chi connectivity index (χ2n) is 7.93. The number of esters is 1. The van der Waals surface area contributed by atoms with Crippen molar-refractivity contribution in [2.24, 2.45) is 0 Å².